The molecule has 0 unspecified atom stereocenters. The smallest absolute Gasteiger partial charge is 0.268 e. The highest BCUT2D eigenvalue weighted by atomic mass is 35.5. The molecule has 0 atom stereocenters. The van der Waals surface area contributed by atoms with Crippen LogP contribution in [-0.2, 0) is 0 Å². The summed E-state index contributed by atoms with van der Waals surface area (Å²) in [5.41, 5.74) is 5.37. The average molecular weight is 240 g/mol. The molecule has 1 saturated heterocycles. The average Bonchev–Trinajstić information content (AvgIpc) is 2.30. The number of aromatic nitrogens is 1. The van der Waals surface area contributed by atoms with Gasteiger partial charge in [0.25, 0.3) is 5.91 Å². The summed E-state index contributed by atoms with van der Waals surface area (Å²) in [6.07, 6.45) is 3.58. The second-order valence-corrected chi connectivity index (χ2v) is 4.32. The maximum atomic E-state index is 11.1. The monoisotopic (exact) mass is 239 g/mol. The zero-order valence-electron chi connectivity index (χ0n) is 8.95. The van der Waals surface area contributed by atoms with Gasteiger partial charge in [-0.1, -0.05) is 11.6 Å². The largest absolute Gasteiger partial charge is 0.364 e. The minimum Gasteiger partial charge on any atom is -0.364 e. The number of rotatable bonds is 2. The molecule has 16 heavy (non-hydrogen) atoms. The Labute approximate surface area is 99.4 Å². The number of amides is 1. The molecule has 1 amide bonds. The van der Waals surface area contributed by atoms with E-state index in [1.807, 2.05) is 6.07 Å². The van der Waals surface area contributed by atoms with Gasteiger partial charge in [0.05, 0.1) is 5.02 Å². The van der Waals surface area contributed by atoms with E-state index in [0.717, 1.165) is 31.7 Å². The van der Waals surface area contributed by atoms with Crippen molar-refractivity contribution in [3.05, 3.63) is 22.8 Å². The van der Waals surface area contributed by atoms with Crippen LogP contribution in [0.15, 0.2) is 12.1 Å². The van der Waals surface area contributed by atoms with Crippen LogP contribution in [-0.4, -0.2) is 24.0 Å². The summed E-state index contributed by atoms with van der Waals surface area (Å²) < 4.78 is 0. The second-order valence-electron chi connectivity index (χ2n) is 3.91. The van der Waals surface area contributed by atoms with Crippen molar-refractivity contribution in [3.8, 4) is 0 Å². The number of carbonyl (C=O) groups is 1. The molecule has 1 aromatic heterocycles. The lowest BCUT2D eigenvalue weighted by molar-refractivity contribution is 0.0996. The van der Waals surface area contributed by atoms with Crippen LogP contribution in [0.25, 0.3) is 0 Å². The highest BCUT2D eigenvalue weighted by Crippen LogP contribution is 2.21. The van der Waals surface area contributed by atoms with Crippen molar-refractivity contribution >= 4 is 23.3 Å². The Kier molecular flexibility index (Phi) is 3.29. The summed E-state index contributed by atoms with van der Waals surface area (Å²) in [6, 6.07) is 3.51. The molecule has 1 aliphatic rings. The van der Waals surface area contributed by atoms with Crippen LogP contribution >= 0.6 is 11.6 Å². The van der Waals surface area contributed by atoms with Gasteiger partial charge in [-0.05, 0) is 31.4 Å². The van der Waals surface area contributed by atoms with Crippen LogP contribution in [0.3, 0.4) is 0 Å². The molecule has 1 aliphatic heterocycles. The number of primary amides is 1. The summed E-state index contributed by atoms with van der Waals surface area (Å²) in [6.45, 7) is 1.96. The SMILES string of the molecule is NC(=O)c1nc(N2CCCCC2)ccc1Cl. The minimum atomic E-state index is -0.580. The van der Waals surface area contributed by atoms with E-state index >= 15 is 0 Å². The molecular weight excluding hydrogens is 226 g/mol. The standard InChI is InChI=1S/C11H14ClN3O/c12-8-4-5-9(14-10(8)11(13)16)15-6-2-1-3-7-15/h4-5H,1-3,6-7H2,(H2,13,16). The number of nitrogens with zero attached hydrogens (tertiary/aromatic N) is 2. The number of anilines is 1. The molecule has 0 aliphatic carbocycles. The van der Waals surface area contributed by atoms with E-state index < -0.39 is 5.91 Å². The minimum absolute atomic E-state index is 0.157. The van der Waals surface area contributed by atoms with E-state index in [1.54, 1.807) is 6.07 Å². The molecule has 4 nitrogen and oxygen atoms in total. The number of carbonyl (C=O) groups excluding carboxylic acids is 1. The second kappa shape index (κ2) is 4.70. The molecule has 0 radical (unpaired) electrons. The molecule has 0 aromatic carbocycles. The molecule has 0 bridgehead atoms. The lowest BCUT2D eigenvalue weighted by Gasteiger charge is -2.27. The van der Waals surface area contributed by atoms with Gasteiger partial charge in [-0.25, -0.2) is 4.98 Å². The number of pyridine rings is 1. The first-order valence-electron chi connectivity index (χ1n) is 5.40. The summed E-state index contributed by atoms with van der Waals surface area (Å²) in [5.74, 6) is 0.210. The predicted octanol–water partition coefficient (Wildman–Crippen LogP) is 1.82. The maximum absolute atomic E-state index is 11.1. The topological polar surface area (TPSA) is 59.2 Å². The van der Waals surface area contributed by atoms with Gasteiger partial charge < -0.3 is 10.6 Å². The Morgan fingerprint density at radius 1 is 1.31 bits per heavy atom. The van der Waals surface area contributed by atoms with Gasteiger partial charge in [-0.3, -0.25) is 4.79 Å². The molecule has 86 valence electrons. The fourth-order valence-corrected chi connectivity index (χ4v) is 2.10. The fraction of sp³-hybridized carbons (Fsp3) is 0.455. The quantitative estimate of drug-likeness (QED) is 0.857. The molecule has 0 spiro atoms. The van der Waals surface area contributed by atoms with Crippen molar-refractivity contribution in [2.24, 2.45) is 5.73 Å². The Morgan fingerprint density at radius 2 is 2.00 bits per heavy atom. The van der Waals surface area contributed by atoms with Gasteiger partial charge in [0, 0.05) is 13.1 Å². The molecule has 5 heteroatoms. The highest BCUT2D eigenvalue weighted by Gasteiger charge is 2.15. The van der Waals surface area contributed by atoms with E-state index in [0.29, 0.717) is 5.02 Å². The van der Waals surface area contributed by atoms with Crippen molar-refractivity contribution in [2.75, 3.05) is 18.0 Å². The number of piperidine rings is 1. The van der Waals surface area contributed by atoms with E-state index in [1.165, 1.54) is 6.42 Å². The first kappa shape index (κ1) is 11.2. The third-order valence-electron chi connectivity index (χ3n) is 2.74. The third-order valence-corrected chi connectivity index (χ3v) is 3.05. The molecule has 1 fully saturated rings. The lowest BCUT2D eigenvalue weighted by Crippen LogP contribution is -2.30. The summed E-state index contributed by atoms with van der Waals surface area (Å²) >= 11 is 5.85. The van der Waals surface area contributed by atoms with Crippen molar-refractivity contribution in [3.63, 3.8) is 0 Å². The molecule has 2 N–H and O–H groups in total. The van der Waals surface area contributed by atoms with Crippen molar-refractivity contribution in [1.82, 2.24) is 4.98 Å². The Balaban J connectivity index is 2.27. The van der Waals surface area contributed by atoms with E-state index in [-0.39, 0.29) is 5.69 Å². The maximum Gasteiger partial charge on any atom is 0.268 e. The van der Waals surface area contributed by atoms with Crippen LogP contribution in [0.1, 0.15) is 29.8 Å². The van der Waals surface area contributed by atoms with Gasteiger partial charge in [0.2, 0.25) is 0 Å². The van der Waals surface area contributed by atoms with E-state index in [9.17, 15) is 4.79 Å². The lowest BCUT2D eigenvalue weighted by atomic mass is 10.1. The van der Waals surface area contributed by atoms with Crippen molar-refractivity contribution in [1.29, 1.82) is 0 Å². The van der Waals surface area contributed by atoms with Crippen LogP contribution < -0.4 is 10.6 Å². The van der Waals surface area contributed by atoms with Crippen LogP contribution in [0, 0.1) is 0 Å². The van der Waals surface area contributed by atoms with Crippen molar-refractivity contribution in [2.45, 2.75) is 19.3 Å². The van der Waals surface area contributed by atoms with Crippen LogP contribution in [0.4, 0.5) is 5.82 Å². The highest BCUT2D eigenvalue weighted by molar-refractivity contribution is 6.33. The van der Waals surface area contributed by atoms with E-state index in [2.05, 4.69) is 9.88 Å². The van der Waals surface area contributed by atoms with Crippen molar-refractivity contribution < 1.29 is 4.79 Å². The Bertz CT molecular complexity index is 402. The Hall–Kier alpha value is -1.29. The first-order valence-corrected chi connectivity index (χ1v) is 5.77. The molecular formula is C11H14ClN3O. The molecule has 1 aromatic rings. The molecule has 2 heterocycles. The number of hydrogen-bond donors (Lipinski definition) is 1. The molecule has 0 saturated carbocycles. The zero-order valence-corrected chi connectivity index (χ0v) is 9.70. The predicted molar refractivity (Wildman–Crippen MR) is 63.8 cm³/mol. The number of nitrogens with two attached hydrogens (primary N) is 1. The van der Waals surface area contributed by atoms with Gasteiger partial charge in [0.1, 0.15) is 11.5 Å². The van der Waals surface area contributed by atoms with Gasteiger partial charge in [0.15, 0.2) is 0 Å². The molecule has 2 rings (SSSR count). The Morgan fingerprint density at radius 3 is 2.62 bits per heavy atom. The normalized spacial score (nSPS) is 16.2. The van der Waals surface area contributed by atoms with Gasteiger partial charge in [-0.2, -0.15) is 0 Å². The summed E-state index contributed by atoms with van der Waals surface area (Å²) in [7, 11) is 0. The van der Waals surface area contributed by atoms with Crippen LogP contribution in [0.2, 0.25) is 5.02 Å². The van der Waals surface area contributed by atoms with Gasteiger partial charge >= 0.3 is 0 Å². The number of hydrogen-bond acceptors (Lipinski definition) is 3. The summed E-state index contributed by atoms with van der Waals surface area (Å²) in [5, 5.41) is 0.313. The summed E-state index contributed by atoms with van der Waals surface area (Å²) in [4.78, 5) is 17.5. The van der Waals surface area contributed by atoms with E-state index in [4.69, 9.17) is 17.3 Å². The first-order chi connectivity index (χ1) is 7.68. The third kappa shape index (κ3) is 2.27. The number of halogens is 1. The van der Waals surface area contributed by atoms with Crippen LogP contribution in [0.5, 0.6) is 0 Å². The fourth-order valence-electron chi connectivity index (χ4n) is 1.90. The zero-order chi connectivity index (χ0) is 11.5. The van der Waals surface area contributed by atoms with Gasteiger partial charge in [-0.15, -0.1) is 0 Å².